The summed E-state index contributed by atoms with van der Waals surface area (Å²) >= 11 is 0. The van der Waals surface area contributed by atoms with Gasteiger partial charge in [0.05, 0.1) is 13.2 Å². The van der Waals surface area contributed by atoms with E-state index >= 15 is 0 Å². The van der Waals surface area contributed by atoms with Gasteiger partial charge in [-0.15, -0.1) is 0 Å². The Morgan fingerprint density at radius 1 is 1.25 bits per heavy atom. The molecule has 20 heavy (non-hydrogen) atoms. The second kappa shape index (κ2) is 9.00. The highest BCUT2D eigenvalue weighted by Crippen LogP contribution is 2.08. The summed E-state index contributed by atoms with van der Waals surface area (Å²) in [5.74, 6) is -0.442. The van der Waals surface area contributed by atoms with Crippen LogP contribution < -0.4 is 4.90 Å². The van der Waals surface area contributed by atoms with Crippen molar-refractivity contribution in [2.24, 2.45) is 0 Å². The van der Waals surface area contributed by atoms with Crippen LogP contribution in [0.5, 0.6) is 0 Å². The third-order valence-electron chi connectivity index (χ3n) is 2.49. The van der Waals surface area contributed by atoms with E-state index in [9.17, 15) is 4.79 Å². The molecule has 0 bridgehead atoms. The average molecular weight is 281 g/mol. The minimum atomic E-state index is -1.00. The van der Waals surface area contributed by atoms with Crippen LogP contribution in [0.25, 0.3) is 6.08 Å². The molecule has 0 fully saturated rings. The van der Waals surface area contributed by atoms with Gasteiger partial charge in [0.2, 0.25) is 5.95 Å². The summed E-state index contributed by atoms with van der Waals surface area (Å²) in [6.07, 6.45) is 5.65. The Hall–Kier alpha value is -1.99. The maximum Gasteiger partial charge on any atom is 0.328 e. The lowest BCUT2D eigenvalue weighted by atomic mass is 10.3. The molecule has 7 heteroatoms. The largest absolute Gasteiger partial charge is 0.478 e. The van der Waals surface area contributed by atoms with Crippen LogP contribution in [0, 0.1) is 0 Å². The first kappa shape index (κ1) is 16.1. The predicted molar refractivity (Wildman–Crippen MR) is 74.7 cm³/mol. The lowest BCUT2D eigenvalue weighted by molar-refractivity contribution is -0.131. The maximum atomic E-state index is 10.4. The van der Waals surface area contributed by atoms with Gasteiger partial charge in [0, 0.05) is 51.3 Å². The molecule has 0 aromatic carbocycles. The fourth-order valence-electron chi connectivity index (χ4n) is 1.46. The molecule has 0 aliphatic rings. The second-order valence-electron chi connectivity index (χ2n) is 3.96. The SMILES string of the molecule is COCCN(CCOC)c1ncc(/C=C/C(=O)O)cn1. The van der Waals surface area contributed by atoms with E-state index in [1.54, 1.807) is 26.6 Å². The molecule has 1 aromatic rings. The number of rotatable bonds is 9. The Labute approximate surface area is 117 Å². The number of anilines is 1. The lowest BCUT2D eigenvalue weighted by Gasteiger charge is -2.21. The Kier molecular flexibility index (Phi) is 7.23. The number of aliphatic carboxylic acids is 1. The van der Waals surface area contributed by atoms with Gasteiger partial charge in [0.25, 0.3) is 0 Å². The van der Waals surface area contributed by atoms with E-state index in [2.05, 4.69) is 9.97 Å². The number of ether oxygens (including phenoxy) is 2. The van der Waals surface area contributed by atoms with E-state index < -0.39 is 5.97 Å². The van der Waals surface area contributed by atoms with Gasteiger partial charge in [-0.1, -0.05) is 0 Å². The number of nitrogens with zero attached hydrogens (tertiary/aromatic N) is 3. The number of carboxylic acid groups (broad SMARTS) is 1. The van der Waals surface area contributed by atoms with Crippen LogP contribution in [0.15, 0.2) is 18.5 Å². The molecule has 1 N–H and O–H groups in total. The number of carbonyl (C=O) groups is 1. The van der Waals surface area contributed by atoms with Gasteiger partial charge in [0.15, 0.2) is 0 Å². The molecule has 110 valence electrons. The summed E-state index contributed by atoms with van der Waals surface area (Å²) in [6.45, 7) is 2.44. The van der Waals surface area contributed by atoms with Gasteiger partial charge >= 0.3 is 5.97 Å². The van der Waals surface area contributed by atoms with Crippen molar-refractivity contribution < 1.29 is 19.4 Å². The normalized spacial score (nSPS) is 10.9. The first-order chi connectivity index (χ1) is 9.67. The average Bonchev–Trinajstić information content (AvgIpc) is 2.46. The zero-order valence-electron chi connectivity index (χ0n) is 11.7. The monoisotopic (exact) mass is 281 g/mol. The molecule has 0 saturated carbocycles. The van der Waals surface area contributed by atoms with Crippen molar-refractivity contribution in [3.63, 3.8) is 0 Å². The molecule has 0 radical (unpaired) electrons. The zero-order valence-corrected chi connectivity index (χ0v) is 11.7. The first-order valence-corrected chi connectivity index (χ1v) is 6.13. The van der Waals surface area contributed by atoms with Crippen LogP contribution in [0.4, 0.5) is 5.95 Å². The Bertz CT molecular complexity index is 426. The van der Waals surface area contributed by atoms with Crippen LogP contribution in [0.2, 0.25) is 0 Å². The zero-order chi connectivity index (χ0) is 14.8. The van der Waals surface area contributed by atoms with Crippen molar-refractivity contribution in [3.05, 3.63) is 24.0 Å². The summed E-state index contributed by atoms with van der Waals surface area (Å²) in [6, 6.07) is 0. The van der Waals surface area contributed by atoms with Gasteiger partial charge in [-0.05, 0) is 6.08 Å². The molecular weight excluding hydrogens is 262 g/mol. The van der Waals surface area contributed by atoms with Crippen molar-refractivity contribution in [1.29, 1.82) is 0 Å². The number of hydrogen-bond acceptors (Lipinski definition) is 6. The minimum Gasteiger partial charge on any atom is -0.478 e. The molecule has 1 aromatic heterocycles. The summed E-state index contributed by atoms with van der Waals surface area (Å²) in [5.41, 5.74) is 0.634. The van der Waals surface area contributed by atoms with Gasteiger partial charge < -0.3 is 19.5 Å². The van der Waals surface area contributed by atoms with Crippen molar-refractivity contribution in [3.8, 4) is 0 Å². The number of aromatic nitrogens is 2. The fraction of sp³-hybridized carbons (Fsp3) is 0.462. The molecule has 0 aliphatic carbocycles. The Balaban J connectivity index is 2.72. The van der Waals surface area contributed by atoms with Gasteiger partial charge in [-0.2, -0.15) is 0 Å². The van der Waals surface area contributed by atoms with Crippen LogP contribution in [-0.2, 0) is 14.3 Å². The predicted octanol–water partition coefficient (Wildman–Crippen LogP) is 0.674. The summed E-state index contributed by atoms with van der Waals surface area (Å²) in [7, 11) is 3.27. The van der Waals surface area contributed by atoms with Crippen molar-refractivity contribution >= 4 is 18.0 Å². The lowest BCUT2D eigenvalue weighted by Crippen LogP contribution is -2.32. The maximum absolute atomic E-state index is 10.4. The van der Waals surface area contributed by atoms with Crippen LogP contribution in [-0.4, -0.2) is 61.6 Å². The highest BCUT2D eigenvalue weighted by molar-refractivity contribution is 5.85. The third kappa shape index (κ3) is 5.77. The van der Waals surface area contributed by atoms with Gasteiger partial charge in [0.1, 0.15) is 0 Å². The van der Waals surface area contributed by atoms with Gasteiger partial charge in [-0.25, -0.2) is 14.8 Å². The van der Waals surface area contributed by atoms with Gasteiger partial charge in [-0.3, -0.25) is 0 Å². The van der Waals surface area contributed by atoms with E-state index in [-0.39, 0.29) is 0 Å². The second-order valence-corrected chi connectivity index (χ2v) is 3.96. The molecular formula is C13H19N3O4. The van der Waals surface area contributed by atoms with E-state index in [0.717, 1.165) is 6.08 Å². The Morgan fingerprint density at radius 3 is 2.25 bits per heavy atom. The molecule has 0 saturated heterocycles. The van der Waals surface area contributed by atoms with Crippen molar-refractivity contribution in [2.45, 2.75) is 0 Å². The van der Waals surface area contributed by atoms with Crippen molar-refractivity contribution in [1.82, 2.24) is 9.97 Å². The van der Waals surface area contributed by atoms with E-state index in [0.29, 0.717) is 37.8 Å². The first-order valence-electron chi connectivity index (χ1n) is 6.13. The number of hydrogen-bond donors (Lipinski definition) is 1. The highest BCUT2D eigenvalue weighted by Gasteiger charge is 2.08. The molecule has 0 aliphatic heterocycles. The molecule has 0 atom stereocenters. The van der Waals surface area contributed by atoms with E-state index in [4.69, 9.17) is 14.6 Å². The van der Waals surface area contributed by atoms with Crippen LogP contribution in [0.1, 0.15) is 5.56 Å². The molecule has 7 nitrogen and oxygen atoms in total. The minimum absolute atomic E-state index is 0.562. The van der Waals surface area contributed by atoms with Crippen LogP contribution >= 0.6 is 0 Å². The van der Waals surface area contributed by atoms with E-state index in [1.807, 2.05) is 4.90 Å². The highest BCUT2D eigenvalue weighted by atomic mass is 16.5. The molecule has 1 rings (SSSR count). The topological polar surface area (TPSA) is 84.8 Å². The molecule has 0 spiro atoms. The smallest absolute Gasteiger partial charge is 0.328 e. The molecule has 0 unspecified atom stereocenters. The molecule has 0 amide bonds. The summed E-state index contributed by atoms with van der Waals surface area (Å²) < 4.78 is 10.1. The van der Waals surface area contributed by atoms with Crippen molar-refractivity contribution in [2.75, 3.05) is 45.4 Å². The third-order valence-corrected chi connectivity index (χ3v) is 2.49. The fourth-order valence-corrected chi connectivity index (χ4v) is 1.46. The standard InChI is InChI=1S/C13H19N3O4/c1-19-7-5-16(6-8-20-2)13-14-9-11(10-15-13)3-4-12(17)18/h3-4,9-10H,5-8H2,1-2H3,(H,17,18)/b4-3+. The summed E-state index contributed by atoms with van der Waals surface area (Å²) in [5, 5.41) is 8.55. The number of methoxy groups -OCH3 is 2. The number of carboxylic acids is 1. The summed E-state index contributed by atoms with van der Waals surface area (Å²) in [4.78, 5) is 20.8. The Morgan fingerprint density at radius 2 is 1.80 bits per heavy atom. The quantitative estimate of drug-likeness (QED) is 0.666. The molecule has 1 heterocycles. The van der Waals surface area contributed by atoms with Crippen LogP contribution in [0.3, 0.4) is 0 Å². The van der Waals surface area contributed by atoms with E-state index in [1.165, 1.54) is 6.08 Å².